The summed E-state index contributed by atoms with van der Waals surface area (Å²) >= 11 is 0. The highest BCUT2D eigenvalue weighted by molar-refractivity contribution is 5.77. The lowest BCUT2D eigenvalue weighted by Crippen LogP contribution is -2.59. The van der Waals surface area contributed by atoms with Gasteiger partial charge < -0.3 is 9.84 Å². The molecule has 0 aromatic heterocycles. The highest BCUT2D eigenvalue weighted by Crippen LogP contribution is 2.47. The van der Waals surface area contributed by atoms with Crippen LogP contribution in [-0.4, -0.2) is 80.9 Å². The number of hydrogen-bond donors (Lipinski definition) is 1. The van der Waals surface area contributed by atoms with Gasteiger partial charge in [-0.15, -0.1) is 0 Å². The summed E-state index contributed by atoms with van der Waals surface area (Å²) < 4.78 is 47.3. The van der Waals surface area contributed by atoms with Crippen molar-refractivity contribution < 1.29 is 27.8 Å². The van der Waals surface area contributed by atoms with Crippen molar-refractivity contribution in [2.45, 2.75) is 116 Å². The first-order valence-electron chi connectivity index (χ1n) is 14.7. The normalized spacial score (nSPS) is 35.1. The van der Waals surface area contributed by atoms with E-state index in [0.717, 1.165) is 19.3 Å². The van der Waals surface area contributed by atoms with Crippen LogP contribution in [0.4, 0.5) is 18.0 Å². The molecule has 0 spiro atoms. The maximum atomic E-state index is 13.9. The molecule has 6 unspecified atom stereocenters. The number of hydrogen-bond acceptors (Lipinski definition) is 6. The summed E-state index contributed by atoms with van der Waals surface area (Å²) in [4.78, 5) is 16.9. The number of hydrazone groups is 1. The van der Waals surface area contributed by atoms with E-state index in [-0.39, 0.29) is 50.1 Å². The van der Waals surface area contributed by atoms with E-state index in [1.165, 1.54) is 15.9 Å². The smallest absolute Gasteiger partial charge is 0.390 e. The van der Waals surface area contributed by atoms with E-state index in [1.807, 2.05) is 25.8 Å². The molecule has 41 heavy (non-hydrogen) atoms. The molecule has 0 radical (unpaired) electrons. The minimum Gasteiger partial charge on any atom is -0.390 e. The molecule has 4 rings (SSSR count). The molecule has 1 fully saturated rings. The lowest BCUT2D eigenvalue weighted by Gasteiger charge is -2.50. The summed E-state index contributed by atoms with van der Waals surface area (Å²) in [6.45, 7) is 11.3. The first-order chi connectivity index (χ1) is 19.1. The third kappa shape index (κ3) is 6.14. The lowest BCUT2D eigenvalue weighted by molar-refractivity contribution is -0.0969. The molecule has 4 aliphatic rings. The van der Waals surface area contributed by atoms with Crippen LogP contribution >= 0.6 is 0 Å². The summed E-state index contributed by atoms with van der Waals surface area (Å²) in [6, 6.07) is 1.10. The van der Waals surface area contributed by atoms with Crippen molar-refractivity contribution in [1.29, 1.82) is 5.26 Å². The van der Waals surface area contributed by atoms with Gasteiger partial charge in [0.1, 0.15) is 6.73 Å². The number of rotatable bonds is 5. The van der Waals surface area contributed by atoms with E-state index in [9.17, 15) is 28.3 Å². The molecule has 1 saturated carbocycles. The molecule has 228 valence electrons. The van der Waals surface area contributed by atoms with Crippen molar-refractivity contribution in [1.82, 2.24) is 14.8 Å². The maximum Gasteiger partial charge on any atom is 0.412 e. The molecular weight excluding hydrogens is 535 g/mol. The van der Waals surface area contributed by atoms with Gasteiger partial charge in [-0.05, 0) is 84.6 Å². The molecule has 1 N–H and O–H groups in total. The largest absolute Gasteiger partial charge is 0.412 e. The quantitative estimate of drug-likeness (QED) is 0.415. The predicted octanol–water partition coefficient (Wildman–Crippen LogP) is 5.81. The first kappa shape index (κ1) is 31.4. The molecule has 0 aromatic rings. The Bertz CT molecular complexity index is 1120. The van der Waals surface area contributed by atoms with Gasteiger partial charge in [0.15, 0.2) is 0 Å². The topological polar surface area (TPSA) is 92.4 Å². The maximum absolute atomic E-state index is 13.9. The van der Waals surface area contributed by atoms with Crippen molar-refractivity contribution in [2.24, 2.45) is 22.9 Å². The number of ether oxygens (including phenoxy) is 1. The summed E-state index contributed by atoms with van der Waals surface area (Å²) in [5, 5.41) is 27.7. The molecule has 2 aliphatic carbocycles. The second-order valence-electron chi connectivity index (χ2n) is 13.1. The van der Waals surface area contributed by atoms with Crippen LogP contribution in [0.5, 0.6) is 0 Å². The predicted molar refractivity (Wildman–Crippen MR) is 149 cm³/mol. The summed E-state index contributed by atoms with van der Waals surface area (Å²) in [5.74, 6) is -0.353. The van der Waals surface area contributed by atoms with Crippen LogP contribution in [0.3, 0.4) is 0 Å². The zero-order valence-electron chi connectivity index (χ0n) is 25.0. The van der Waals surface area contributed by atoms with E-state index < -0.39 is 40.9 Å². The average molecular weight is 580 g/mol. The SMILES string of the molecule is CC1CC(N2N=CC(C(C)(C)O)C2(C)/C2=C/N(C3CCC=C(C(F)(F)F)C3)C(=O)N(C(C)C)COC2)CCC1C#N. The number of nitriles is 1. The number of alkyl halides is 3. The van der Waals surface area contributed by atoms with Gasteiger partial charge in [-0.3, -0.25) is 14.8 Å². The molecule has 0 saturated heterocycles. The van der Waals surface area contributed by atoms with Crippen LogP contribution < -0.4 is 0 Å². The Labute approximate surface area is 241 Å². The van der Waals surface area contributed by atoms with E-state index >= 15 is 0 Å². The van der Waals surface area contributed by atoms with E-state index in [1.54, 1.807) is 26.3 Å². The Hall–Kier alpha value is -2.58. The van der Waals surface area contributed by atoms with Crippen LogP contribution in [-0.2, 0) is 4.74 Å². The third-order valence-electron chi connectivity index (χ3n) is 9.46. The number of aliphatic hydroxyl groups is 1. The highest BCUT2D eigenvalue weighted by Gasteiger charge is 2.55. The van der Waals surface area contributed by atoms with Gasteiger partial charge >= 0.3 is 12.2 Å². The zero-order chi connectivity index (χ0) is 30.3. The Morgan fingerprint density at radius 1 is 1.22 bits per heavy atom. The van der Waals surface area contributed by atoms with Crippen LogP contribution in [0.25, 0.3) is 0 Å². The fraction of sp³-hybridized carbons (Fsp3) is 0.767. The van der Waals surface area contributed by atoms with Crippen molar-refractivity contribution in [2.75, 3.05) is 13.3 Å². The molecule has 6 atom stereocenters. The minimum atomic E-state index is -4.45. The Balaban J connectivity index is 1.79. The summed E-state index contributed by atoms with van der Waals surface area (Å²) in [6.07, 6.45) is 2.78. The molecule has 11 heteroatoms. The second-order valence-corrected chi connectivity index (χ2v) is 13.1. The fourth-order valence-electron chi connectivity index (χ4n) is 7.00. The molecule has 2 heterocycles. The van der Waals surface area contributed by atoms with Crippen molar-refractivity contribution in [3.63, 3.8) is 0 Å². The molecule has 0 bridgehead atoms. The van der Waals surface area contributed by atoms with Crippen LogP contribution in [0, 0.1) is 29.1 Å². The number of carbonyl (C=O) groups excluding carboxylic acids is 1. The van der Waals surface area contributed by atoms with Crippen molar-refractivity contribution >= 4 is 12.2 Å². The van der Waals surface area contributed by atoms with Gasteiger partial charge in [0.05, 0.1) is 29.7 Å². The van der Waals surface area contributed by atoms with Crippen molar-refractivity contribution in [3.8, 4) is 6.07 Å². The van der Waals surface area contributed by atoms with Gasteiger partial charge in [-0.2, -0.15) is 23.5 Å². The van der Waals surface area contributed by atoms with Crippen LogP contribution in [0.1, 0.15) is 80.1 Å². The van der Waals surface area contributed by atoms with E-state index in [2.05, 4.69) is 13.0 Å². The van der Waals surface area contributed by atoms with Crippen LogP contribution in [0.15, 0.2) is 28.5 Å². The van der Waals surface area contributed by atoms with Gasteiger partial charge in [-0.25, -0.2) is 4.79 Å². The van der Waals surface area contributed by atoms with Crippen LogP contribution in [0.2, 0.25) is 0 Å². The van der Waals surface area contributed by atoms with Gasteiger partial charge in [0.25, 0.3) is 0 Å². The summed E-state index contributed by atoms with van der Waals surface area (Å²) in [5.41, 5.74) is -2.04. The number of allylic oxidation sites excluding steroid dienone is 1. The molecule has 8 nitrogen and oxygen atoms in total. The number of urea groups is 1. The lowest BCUT2D eigenvalue weighted by atomic mass is 9.70. The molecule has 0 aromatic carbocycles. The second kappa shape index (κ2) is 11.6. The minimum absolute atomic E-state index is 0.00649. The third-order valence-corrected chi connectivity index (χ3v) is 9.46. The van der Waals surface area contributed by atoms with Crippen molar-refractivity contribution in [3.05, 3.63) is 23.4 Å². The average Bonchev–Trinajstić information content (AvgIpc) is 3.24. The van der Waals surface area contributed by atoms with Gasteiger partial charge in [0.2, 0.25) is 0 Å². The Morgan fingerprint density at radius 2 is 1.93 bits per heavy atom. The molecule has 2 amide bonds. The monoisotopic (exact) mass is 579 g/mol. The molecule has 2 aliphatic heterocycles. The number of nitrogens with zero attached hydrogens (tertiary/aromatic N) is 5. The number of halogens is 3. The number of carbonyl (C=O) groups is 1. The van der Waals surface area contributed by atoms with Gasteiger partial charge in [0, 0.05) is 42.0 Å². The zero-order valence-corrected chi connectivity index (χ0v) is 25.0. The molecular formula is C30H44F3N5O3. The first-order valence-corrected chi connectivity index (χ1v) is 14.7. The highest BCUT2D eigenvalue weighted by atomic mass is 19.4. The fourth-order valence-corrected chi connectivity index (χ4v) is 7.00. The van der Waals surface area contributed by atoms with Gasteiger partial charge in [-0.1, -0.05) is 13.0 Å². The Morgan fingerprint density at radius 3 is 2.51 bits per heavy atom. The van der Waals surface area contributed by atoms with E-state index in [4.69, 9.17) is 9.84 Å². The Kier molecular flexibility index (Phi) is 8.87. The standard InChI is InChI=1S/C30H44F3N5O3/c1-19(2)37-18-41-17-23(16-36(27(37)39)24-9-7-8-22(13-24)30(31,32)33)29(6)26(28(4,5)40)15-35-38(29)25-11-10-21(14-34)20(3)12-25/h8,15-16,19-21,24-26,40H,7,9-13,17-18H2,1-6H3/b23-16+. The van der Waals surface area contributed by atoms with E-state index in [0.29, 0.717) is 12.0 Å². The summed E-state index contributed by atoms with van der Waals surface area (Å²) in [7, 11) is 0. The number of amides is 2.